The summed E-state index contributed by atoms with van der Waals surface area (Å²) in [6.07, 6.45) is 1.80. The van der Waals surface area contributed by atoms with Crippen molar-refractivity contribution in [3.63, 3.8) is 0 Å². The van der Waals surface area contributed by atoms with Crippen LogP contribution >= 0.6 is 22.6 Å². The van der Waals surface area contributed by atoms with Gasteiger partial charge in [-0.2, -0.15) is 15.1 Å². The summed E-state index contributed by atoms with van der Waals surface area (Å²) < 4.78 is 2.98. The number of fused-ring (bicyclic) bond motifs is 1. The summed E-state index contributed by atoms with van der Waals surface area (Å²) in [5.41, 5.74) is 1.83. The van der Waals surface area contributed by atoms with Gasteiger partial charge in [-0.3, -0.25) is 4.68 Å². The fourth-order valence-electron chi connectivity index (χ4n) is 2.42. The third-order valence-electron chi connectivity index (χ3n) is 3.73. The monoisotopic (exact) mass is 422 g/mol. The van der Waals surface area contributed by atoms with E-state index in [4.69, 9.17) is 4.98 Å². The van der Waals surface area contributed by atoms with E-state index in [1.807, 2.05) is 19.2 Å². The molecule has 0 spiro atoms. The average Bonchev–Trinajstić information content (AvgIpc) is 2.93. The maximum Gasteiger partial charge on any atom is 0.229 e. The van der Waals surface area contributed by atoms with Crippen molar-refractivity contribution in [3.8, 4) is 0 Å². The van der Waals surface area contributed by atoms with E-state index in [1.165, 1.54) is 3.57 Å². The first-order valence-corrected chi connectivity index (χ1v) is 8.67. The maximum atomic E-state index is 4.72. The minimum absolute atomic E-state index is 0.721. The van der Waals surface area contributed by atoms with Crippen LogP contribution in [0.5, 0.6) is 0 Å². The summed E-state index contributed by atoms with van der Waals surface area (Å²) in [5, 5.41) is 8.63. The van der Waals surface area contributed by atoms with Crippen molar-refractivity contribution in [2.45, 2.75) is 13.8 Å². The van der Waals surface area contributed by atoms with Crippen LogP contribution in [-0.2, 0) is 7.05 Å². The van der Waals surface area contributed by atoms with Gasteiger partial charge in [0.05, 0.1) is 11.6 Å². The van der Waals surface area contributed by atoms with Crippen LogP contribution in [-0.4, -0.2) is 32.8 Å². The summed E-state index contributed by atoms with van der Waals surface area (Å²) >= 11 is 2.30. The summed E-state index contributed by atoms with van der Waals surface area (Å²) in [6, 6.07) is 8.22. The van der Waals surface area contributed by atoms with Gasteiger partial charge in [-0.05, 0) is 60.7 Å². The van der Waals surface area contributed by atoms with Crippen molar-refractivity contribution >= 4 is 51.1 Å². The largest absolute Gasteiger partial charge is 0.341 e. The Morgan fingerprint density at radius 1 is 1.13 bits per heavy atom. The van der Waals surface area contributed by atoms with Crippen molar-refractivity contribution in [3.05, 3.63) is 34.0 Å². The van der Waals surface area contributed by atoms with Crippen LogP contribution in [0, 0.1) is 3.57 Å². The Balaban J connectivity index is 2.08. The van der Waals surface area contributed by atoms with Gasteiger partial charge in [-0.1, -0.05) is 0 Å². The molecule has 120 valence electrons. The number of hydrogen-bond acceptors (Lipinski definition) is 5. The molecule has 0 aliphatic carbocycles. The lowest BCUT2D eigenvalue weighted by Gasteiger charge is -2.19. The zero-order valence-corrected chi connectivity index (χ0v) is 15.6. The van der Waals surface area contributed by atoms with E-state index in [0.29, 0.717) is 0 Å². The van der Waals surface area contributed by atoms with Crippen LogP contribution in [0.4, 0.5) is 17.5 Å². The lowest BCUT2D eigenvalue weighted by molar-refractivity contribution is 0.776. The second-order valence-electron chi connectivity index (χ2n) is 5.18. The normalized spacial score (nSPS) is 11.0. The Bertz CT molecular complexity index is 807. The number of nitrogens with zero attached hydrogens (tertiary/aromatic N) is 5. The predicted molar refractivity (Wildman–Crippen MR) is 102 cm³/mol. The lowest BCUT2D eigenvalue weighted by atomic mass is 10.3. The predicted octanol–water partition coefficient (Wildman–Crippen LogP) is 3.56. The Morgan fingerprint density at radius 2 is 1.83 bits per heavy atom. The molecule has 23 heavy (non-hydrogen) atoms. The number of halogens is 1. The molecule has 2 heterocycles. The molecule has 0 radical (unpaired) electrons. The standard InChI is InChI=1S/C16H19IN6/c1-4-23(5-2)16-20-14(13-10-18-22(3)15(13)21-16)19-12-8-6-11(17)7-9-12/h6-10H,4-5H2,1-3H3,(H,19,20,21). The van der Waals surface area contributed by atoms with Crippen molar-refractivity contribution in [2.75, 3.05) is 23.3 Å². The molecule has 0 atom stereocenters. The number of anilines is 3. The van der Waals surface area contributed by atoms with E-state index in [-0.39, 0.29) is 0 Å². The fraction of sp³-hybridized carbons (Fsp3) is 0.312. The molecule has 1 N–H and O–H groups in total. The molecule has 0 amide bonds. The van der Waals surface area contributed by atoms with Gasteiger partial charge in [0.2, 0.25) is 5.95 Å². The molecule has 0 aliphatic rings. The maximum absolute atomic E-state index is 4.72. The molecule has 0 saturated heterocycles. The van der Waals surface area contributed by atoms with E-state index in [1.54, 1.807) is 10.9 Å². The van der Waals surface area contributed by atoms with Gasteiger partial charge >= 0.3 is 0 Å². The molecule has 1 aromatic carbocycles. The van der Waals surface area contributed by atoms with Gasteiger partial charge < -0.3 is 10.2 Å². The molecule has 2 aromatic heterocycles. The molecule has 7 heteroatoms. The summed E-state index contributed by atoms with van der Waals surface area (Å²) in [6.45, 7) is 5.94. The van der Waals surface area contributed by atoms with E-state index in [2.05, 4.69) is 68.9 Å². The van der Waals surface area contributed by atoms with E-state index >= 15 is 0 Å². The summed E-state index contributed by atoms with van der Waals surface area (Å²) in [4.78, 5) is 11.5. The highest BCUT2D eigenvalue weighted by Gasteiger charge is 2.14. The minimum atomic E-state index is 0.721. The van der Waals surface area contributed by atoms with E-state index < -0.39 is 0 Å². The Hall–Kier alpha value is -1.90. The smallest absolute Gasteiger partial charge is 0.229 e. The lowest BCUT2D eigenvalue weighted by Crippen LogP contribution is -2.24. The number of benzene rings is 1. The van der Waals surface area contributed by atoms with E-state index in [9.17, 15) is 0 Å². The van der Waals surface area contributed by atoms with Crippen molar-refractivity contribution in [1.82, 2.24) is 19.7 Å². The first-order valence-electron chi connectivity index (χ1n) is 7.59. The van der Waals surface area contributed by atoms with Crippen LogP contribution < -0.4 is 10.2 Å². The first-order chi connectivity index (χ1) is 11.1. The van der Waals surface area contributed by atoms with Crippen LogP contribution in [0.1, 0.15) is 13.8 Å². The van der Waals surface area contributed by atoms with Crippen LogP contribution in [0.25, 0.3) is 11.0 Å². The van der Waals surface area contributed by atoms with Crippen molar-refractivity contribution < 1.29 is 0 Å². The zero-order valence-electron chi connectivity index (χ0n) is 13.4. The molecule has 3 aromatic rings. The average molecular weight is 422 g/mol. The molecule has 0 bridgehead atoms. The Kier molecular flexibility index (Phi) is 4.65. The number of aryl methyl sites for hydroxylation is 1. The first kappa shape index (κ1) is 16.0. The molecule has 0 aliphatic heterocycles. The Morgan fingerprint density at radius 3 is 2.48 bits per heavy atom. The minimum Gasteiger partial charge on any atom is -0.341 e. The van der Waals surface area contributed by atoms with Gasteiger partial charge in [0.25, 0.3) is 0 Å². The molecular formula is C16H19IN6. The van der Waals surface area contributed by atoms with Crippen molar-refractivity contribution in [2.24, 2.45) is 7.05 Å². The van der Waals surface area contributed by atoms with Crippen molar-refractivity contribution in [1.29, 1.82) is 0 Å². The third-order valence-corrected chi connectivity index (χ3v) is 4.45. The highest BCUT2D eigenvalue weighted by molar-refractivity contribution is 14.1. The highest BCUT2D eigenvalue weighted by Crippen LogP contribution is 2.26. The third kappa shape index (κ3) is 3.24. The number of aromatic nitrogens is 4. The van der Waals surface area contributed by atoms with Gasteiger partial charge in [-0.15, -0.1) is 0 Å². The quantitative estimate of drug-likeness (QED) is 0.638. The molecule has 0 saturated carbocycles. The summed E-state index contributed by atoms with van der Waals surface area (Å²) in [5.74, 6) is 1.50. The molecule has 0 fully saturated rings. The second-order valence-corrected chi connectivity index (χ2v) is 6.43. The van der Waals surface area contributed by atoms with Gasteiger partial charge in [-0.25, -0.2) is 0 Å². The fourth-order valence-corrected chi connectivity index (χ4v) is 2.78. The number of nitrogens with one attached hydrogen (secondary N) is 1. The molecule has 0 unspecified atom stereocenters. The Labute approximate surface area is 149 Å². The number of hydrogen-bond donors (Lipinski definition) is 1. The second kappa shape index (κ2) is 6.69. The van der Waals surface area contributed by atoms with Crippen LogP contribution in [0.2, 0.25) is 0 Å². The molecular weight excluding hydrogens is 403 g/mol. The van der Waals surface area contributed by atoms with Crippen LogP contribution in [0.3, 0.4) is 0 Å². The topological polar surface area (TPSA) is 58.9 Å². The van der Waals surface area contributed by atoms with Gasteiger partial charge in [0, 0.05) is 29.4 Å². The molecule has 3 rings (SSSR count). The SMILES string of the molecule is CCN(CC)c1nc(Nc2ccc(I)cc2)c2cnn(C)c2n1. The highest BCUT2D eigenvalue weighted by atomic mass is 127. The molecule has 6 nitrogen and oxygen atoms in total. The van der Waals surface area contributed by atoms with Crippen LogP contribution in [0.15, 0.2) is 30.5 Å². The summed E-state index contributed by atoms with van der Waals surface area (Å²) in [7, 11) is 1.90. The van der Waals surface area contributed by atoms with Gasteiger partial charge in [0.15, 0.2) is 5.65 Å². The number of rotatable bonds is 5. The van der Waals surface area contributed by atoms with Gasteiger partial charge in [0.1, 0.15) is 5.82 Å². The zero-order chi connectivity index (χ0) is 16.4. The van der Waals surface area contributed by atoms with E-state index in [0.717, 1.165) is 41.6 Å².